The fraction of sp³-hybridized carbons (Fsp3) is 0.353. The second kappa shape index (κ2) is 7.52. The molecule has 1 aromatic carbocycles. The Morgan fingerprint density at radius 2 is 2.13 bits per heavy atom. The van der Waals surface area contributed by atoms with E-state index >= 15 is 0 Å². The molecule has 0 fully saturated rings. The maximum Gasteiger partial charge on any atom is 0.203 e. The molecule has 1 aromatic rings. The minimum absolute atomic E-state index is 0.0124. The number of nitrogens with one attached hydrogen (secondary N) is 1. The molecular formula is C17H22N2O4. The lowest BCUT2D eigenvalue weighted by atomic mass is 9.81. The van der Waals surface area contributed by atoms with Crippen LogP contribution in [0.5, 0.6) is 0 Å². The molecule has 0 saturated heterocycles. The average molecular weight is 318 g/mol. The van der Waals surface area contributed by atoms with E-state index in [0.29, 0.717) is 17.8 Å². The minimum atomic E-state index is -1.43. The van der Waals surface area contributed by atoms with Gasteiger partial charge in [-0.15, -0.1) is 0 Å². The van der Waals surface area contributed by atoms with E-state index in [9.17, 15) is 9.90 Å². The molecular weight excluding hydrogens is 296 g/mol. The monoisotopic (exact) mass is 318 g/mol. The van der Waals surface area contributed by atoms with Crippen LogP contribution in [0, 0.1) is 0 Å². The average Bonchev–Trinajstić information content (AvgIpc) is 2.60. The van der Waals surface area contributed by atoms with Crippen molar-refractivity contribution in [3.63, 3.8) is 0 Å². The number of aliphatic hydroxyl groups is 2. The number of carbonyl (C=O) groups excluding carboxylic acids is 1. The molecule has 0 bridgehead atoms. The standard InChI is InChI=1S/C17H22N2O4/c1-23-17(8-7-13(11-14(17)18)19-9-10-20)16(22)15(21)12-5-3-2-4-6-12/h2-8,11,14-15,19-21H,9-10,18H2,1H3. The van der Waals surface area contributed by atoms with Crippen LogP contribution in [-0.2, 0) is 9.53 Å². The highest BCUT2D eigenvalue weighted by molar-refractivity contribution is 5.95. The van der Waals surface area contributed by atoms with Crippen LogP contribution in [0.4, 0.5) is 0 Å². The fourth-order valence-corrected chi connectivity index (χ4v) is 2.57. The highest BCUT2D eigenvalue weighted by atomic mass is 16.5. The lowest BCUT2D eigenvalue weighted by Crippen LogP contribution is -2.56. The third kappa shape index (κ3) is 3.51. The van der Waals surface area contributed by atoms with Gasteiger partial charge in [0.25, 0.3) is 0 Å². The van der Waals surface area contributed by atoms with E-state index in [1.807, 2.05) is 0 Å². The Hall–Kier alpha value is -1.99. The molecule has 0 spiro atoms. The van der Waals surface area contributed by atoms with Gasteiger partial charge in [0.1, 0.15) is 6.10 Å². The summed E-state index contributed by atoms with van der Waals surface area (Å²) in [6, 6.07) is 7.89. The van der Waals surface area contributed by atoms with E-state index in [1.165, 1.54) is 7.11 Å². The first kappa shape index (κ1) is 17.4. The first-order chi connectivity index (χ1) is 11.0. The normalized spacial score (nSPS) is 24.9. The maximum atomic E-state index is 12.8. The summed E-state index contributed by atoms with van der Waals surface area (Å²) in [5.74, 6) is -0.521. The van der Waals surface area contributed by atoms with Crippen molar-refractivity contribution in [2.75, 3.05) is 20.3 Å². The summed E-state index contributed by atoms with van der Waals surface area (Å²) in [5.41, 5.74) is 5.87. The van der Waals surface area contributed by atoms with Gasteiger partial charge in [-0.05, 0) is 23.8 Å². The summed E-state index contributed by atoms with van der Waals surface area (Å²) < 4.78 is 5.41. The number of ketones is 1. The predicted molar refractivity (Wildman–Crippen MR) is 86.4 cm³/mol. The Morgan fingerprint density at radius 3 is 2.70 bits per heavy atom. The number of rotatable bonds is 7. The quantitative estimate of drug-likeness (QED) is 0.566. The number of methoxy groups -OCH3 is 1. The van der Waals surface area contributed by atoms with E-state index < -0.39 is 23.5 Å². The molecule has 2 rings (SSSR count). The Balaban J connectivity index is 2.23. The van der Waals surface area contributed by atoms with E-state index in [4.69, 9.17) is 15.6 Å². The summed E-state index contributed by atoms with van der Waals surface area (Å²) >= 11 is 0. The molecule has 1 aliphatic rings. The number of Topliss-reactive ketones (excluding diaryl/α,β-unsaturated/α-hetero) is 1. The maximum absolute atomic E-state index is 12.8. The molecule has 0 amide bonds. The summed E-state index contributed by atoms with van der Waals surface area (Å²) in [4.78, 5) is 12.8. The number of allylic oxidation sites excluding steroid dienone is 1. The van der Waals surface area contributed by atoms with E-state index in [0.717, 1.165) is 0 Å². The fourth-order valence-electron chi connectivity index (χ4n) is 2.57. The number of hydrogen-bond donors (Lipinski definition) is 4. The van der Waals surface area contributed by atoms with Crippen molar-refractivity contribution in [3.05, 3.63) is 59.8 Å². The number of hydrogen-bond acceptors (Lipinski definition) is 6. The molecule has 0 aliphatic heterocycles. The van der Waals surface area contributed by atoms with Crippen molar-refractivity contribution in [1.29, 1.82) is 0 Å². The molecule has 1 aliphatic carbocycles. The molecule has 5 N–H and O–H groups in total. The third-order valence-electron chi connectivity index (χ3n) is 3.89. The zero-order valence-corrected chi connectivity index (χ0v) is 13.0. The van der Waals surface area contributed by atoms with Crippen molar-refractivity contribution in [1.82, 2.24) is 5.32 Å². The van der Waals surface area contributed by atoms with Crippen molar-refractivity contribution >= 4 is 5.78 Å². The van der Waals surface area contributed by atoms with Crippen molar-refractivity contribution in [2.45, 2.75) is 17.7 Å². The first-order valence-corrected chi connectivity index (χ1v) is 7.39. The molecule has 3 atom stereocenters. The molecule has 0 saturated carbocycles. The van der Waals surface area contributed by atoms with Crippen LogP contribution in [0.15, 0.2) is 54.3 Å². The molecule has 124 valence electrons. The van der Waals surface area contributed by atoms with Gasteiger partial charge in [-0.25, -0.2) is 0 Å². The number of aliphatic hydroxyl groups excluding tert-OH is 2. The van der Waals surface area contributed by atoms with Crippen LogP contribution in [0.25, 0.3) is 0 Å². The summed E-state index contributed by atoms with van der Waals surface area (Å²) in [6.45, 7) is 0.366. The molecule has 3 unspecified atom stereocenters. The second-order valence-corrected chi connectivity index (χ2v) is 5.31. The number of benzene rings is 1. The molecule has 23 heavy (non-hydrogen) atoms. The van der Waals surface area contributed by atoms with Gasteiger partial charge in [0.2, 0.25) is 5.78 Å². The lowest BCUT2D eigenvalue weighted by Gasteiger charge is -2.36. The van der Waals surface area contributed by atoms with E-state index in [-0.39, 0.29) is 6.61 Å². The predicted octanol–water partition coefficient (Wildman–Crippen LogP) is 0.0372. The van der Waals surface area contributed by atoms with Crippen LogP contribution < -0.4 is 11.1 Å². The minimum Gasteiger partial charge on any atom is -0.395 e. The highest BCUT2D eigenvalue weighted by Gasteiger charge is 2.46. The SMILES string of the molecule is COC1(C(=O)C(O)c2ccccc2)C=CC(NCCO)=CC1N. The van der Waals surface area contributed by atoms with Crippen LogP contribution in [0.3, 0.4) is 0 Å². The van der Waals surface area contributed by atoms with Crippen LogP contribution in [0.2, 0.25) is 0 Å². The molecule has 6 nitrogen and oxygen atoms in total. The van der Waals surface area contributed by atoms with Gasteiger partial charge in [-0.1, -0.05) is 30.3 Å². The Bertz CT molecular complexity index is 600. The van der Waals surface area contributed by atoms with Crippen molar-refractivity contribution in [3.8, 4) is 0 Å². The molecule has 0 aromatic heterocycles. The van der Waals surface area contributed by atoms with Gasteiger partial charge in [0, 0.05) is 19.4 Å². The Kier molecular flexibility index (Phi) is 5.68. The summed E-state index contributed by atoms with van der Waals surface area (Å²) in [6.07, 6.45) is 3.53. The van der Waals surface area contributed by atoms with Gasteiger partial charge in [-0.2, -0.15) is 0 Å². The van der Waals surface area contributed by atoms with Crippen LogP contribution >= 0.6 is 0 Å². The Morgan fingerprint density at radius 1 is 1.43 bits per heavy atom. The van der Waals surface area contributed by atoms with Crippen LogP contribution in [0.1, 0.15) is 11.7 Å². The second-order valence-electron chi connectivity index (χ2n) is 5.31. The van der Waals surface area contributed by atoms with Gasteiger partial charge in [0.05, 0.1) is 12.6 Å². The van der Waals surface area contributed by atoms with Gasteiger partial charge in [-0.3, -0.25) is 4.79 Å². The topological polar surface area (TPSA) is 105 Å². The third-order valence-corrected chi connectivity index (χ3v) is 3.89. The summed E-state index contributed by atoms with van der Waals surface area (Å²) in [5, 5.41) is 22.2. The molecule has 6 heteroatoms. The van der Waals surface area contributed by atoms with E-state index in [1.54, 1.807) is 48.6 Å². The number of carbonyl (C=O) groups is 1. The van der Waals surface area contributed by atoms with Crippen molar-refractivity contribution < 1.29 is 19.7 Å². The highest BCUT2D eigenvalue weighted by Crippen LogP contribution is 2.30. The number of ether oxygens (including phenoxy) is 1. The lowest BCUT2D eigenvalue weighted by molar-refractivity contribution is -0.146. The van der Waals surface area contributed by atoms with Crippen LogP contribution in [-0.4, -0.2) is 47.9 Å². The smallest absolute Gasteiger partial charge is 0.203 e. The number of nitrogens with two attached hydrogens (primary N) is 1. The largest absolute Gasteiger partial charge is 0.395 e. The van der Waals surface area contributed by atoms with Gasteiger partial charge < -0.3 is 26.0 Å². The van der Waals surface area contributed by atoms with Crippen molar-refractivity contribution in [2.24, 2.45) is 5.73 Å². The van der Waals surface area contributed by atoms with Gasteiger partial charge in [0.15, 0.2) is 5.60 Å². The van der Waals surface area contributed by atoms with Gasteiger partial charge >= 0.3 is 0 Å². The first-order valence-electron chi connectivity index (χ1n) is 7.39. The Labute approximate surface area is 135 Å². The zero-order valence-electron chi connectivity index (χ0n) is 13.0. The molecule has 0 heterocycles. The zero-order chi connectivity index (χ0) is 16.9. The van der Waals surface area contributed by atoms with E-state index in [2.05, 4.69) is 5.32 Å². The summed E-state index contributed by atoms with van der Waals surface area (Å²) in [7, 11) is 1.39. The molecule has 0 radical (unpaired) electrons.